The van der Waals surface area contributed by atoms with Gasteiger partial charge in [0.25, 0.3) is 5.13 Å². The van der Waals surface area contributed by atoms with Gasteiger partial charge in [0.05, 0.1) is 17.0 Å². The molecule has 124 valence electrons. The van der Waals surface area contributed by atoms with Crippen molar-refractivity contribution < 1.29 is 15.2 Å². The van der Waals surface area contributed by atoms with E-state index in [9.17, 15) is 4.79 Å². The molecule has 3 aromatic heterocycles. The van der Waals surface area contributed by atoms with Gasteiger partial charge in [0, 0.05) is 23.7 Å². The molecule has 6 nitrogen and oxygen atoms in total. The molecule has 25 heavy (non-hydrogen) atoms. The fourth-order valence-electron chi connectivity index (χ4n) is 2.75. The Bertz CT molecular complexity index is 1070. The molecule has 0 aliphatic heterocycles. The predicted molar refractivity (Wildman–Crippen MR) is 95.7 cm³/mol. The lowest BCUT2D eigenvalue weighted by Crippen LogP contribution is -2.70. The van der Waals surface area contributed by atoms with Crippen LogP contribution >= 0.6 is 11.3 Å². The summed E-state index contributed by atoms with van der Waals surface area (Å²) in [5, 5.41) is 13.8. The van der Waals surface area contributed by atoms with Crippen LogP contribution in [-0.4, -0.2) is 25.4 Å². The zero-order valence-corrected chi connectivity index (χ0v) is 14.2. The Kier molecular flexibility index (Phi) is 3.79. The van der Waals surface area contributed by atoms with E-state index in [-0.39, 0.29) is 5.56 Å². The van der Waals surface area contributed by atoms with Gasteiger partial charge in [-0.05, 0) is 31.2 Å². The Hall–Kier alpha value is -3.03. The highest BCUT2D eigenvalue weighted by atomic mass is 32.1. The number of hydrogen-bond acceptors (Lipinski definition) is 4. The average molecular weight is 351 g/mol. The normalized spacial score (nSPS) is 11.1. The molecule has 0 amide bonds. The number of hydrogen-bond donors (Lipinski definition) is 2. The first-order valence-electron chi connectivity index (χ1n) is 7.69. The molecular weight excluding hydrogens is 336 g/mol. The number of imidazole rings is 1. The Balaban J connectivity index is 1.63. The molecule has 0 saturated carbocycles. The standard InChI is InChI=1S/C18H14N4O2S/c1-11-16(22-9-3-2-4-15(22)19-11)14-10-25-18(21-14)20-13-7-5-12(6-8-13)17(23)24/h2-10H,1H3,(H,20,21)(H,23,24)/p+1. The Labute approximate surface area is 147 Å². The monoisotopic (exact) mass is 351 g/mol. The third-order valence-corrected chi connectivity index (χ3v) is 4.71. The molecule has 0 saturated heterocycles. The zero-order chi connectivity index (χ0) is 17.4. The maximum Gasteiger partial charge on any atom is 0.335 e. The summed E-state index contributed by atoms with van der Waals surface area (Å²) in [6.45, 7) is 1.98. The van der Waals surface area contributed by atoms with Gasteiger partial charge >= 0.3 is 5.97 Å². The number of nitrogens with two attached hydrogens (primary N) is 1. The minimum absolute atomic E-state index is 0.276. The van der Waals surface area contributed by atoms with E-state index in [2.05, 4.69) is 4.98 Å². The van der Waals surface area contributed by atoms with Crippen LogP contribution in [0.25, 0.3) is 17.0 Å². The van der Waals surface area contributed by atoms with Gasteiger partial charge in [-0.15, -0.1) is 0 Å². The van der Waals surface area contributed by atoms with Gasteiger partial charge in [0.15, 0.2) is 0 Å². The first-order valence-corrected chi connectivity index (χ1v) is 8.57. The summed E-state index contributed by atoms with van der Waals surface area (Å²) in [6.07, 6.45) is 1.98. The van der Waals surface area contributed by atoms with Crippen LogP contribution in [0.5, 0.6) is 0 Å². The maximum atomic E-state index is 10.9. The predicted octanol–water partition coefficient (Wildman–Crippen LogP) is 2.99. The van der Waals surface area contributed by atoms with Crippen LogP contribution in [0.2, 0.25) is 0 Å². The average Bonchev–Trinajstić information content (AvgIpc) is 3.18. The molecular formula is C18H15N4O2S+. The topological polar surface area (TPSA) is 84.1 Å². The summed E-state index contributed by atoms with van der Waals surface area (Å²) in [5.74, 6) is -0.925. The number of carboxylic acids is 1. The number of benzene rings is 1. The van der Waals surface area contributed by atoms with E-state index < -0.39 is 5.97 Å². The molecule has 0 aliphatic carbocycles. The molecule has 4 aromatic rings. The SMILES string of the molecule is Cc1nc2ccccn2c1-c1csc([NH2+]c2ccc(C(=O)O)cc2)n1. The van der Waals surface area contributed by atoms with Gasteiger partial charge < -0.3 is 5.11 Å². The van der Waals surface area contributed by atoms with Crippen molar-refractivity contribution in [2.24, 2.45) is 0 Å². The van der Waals surface area contributed by atoms with E-state index in [0.717, 1.165) is 33.5 Å². The minimum Gasteiger partial charge on any atom is -0.478 e. The molecule has 3 heterocycles. The van der Waals surface area contributed by atoms with Crippen molar-refractivity contribution in [3.63, 3.8) is 0 Å². The highest BCUT2D eigenvalue weighted by Gasteiger charge is 2.15. The van der Waals surface area contributed by atoms with Crippen LogP contribution in [-0.2, 0) is 0 Å². The molecule has 7 heteroatoms. The quantitative estimate of drug-likeness (QED) is 0.554. The van der Waals surface area contributed by atoms with Crippen molar-refractivity contribution >= 4 is 33.8 Å². The molecule has 0 spiro atoms. The first-order chi connectivity index (χ1) is 12.1. The van der Waals surface area contributed by atoms with Crippen LogP contribution in [0.1, 0.15) is 16.1 Å². The first kappa shape index (κ1) is 15.5. The summed E-state index contributed by atoms with van der Waals surface area (Å²) in [4.78, 5) is 20.2. The Morgan fingerprint density at radius 2 is 1.96 bits per heavy atom. The lowest BCUT2D eigenvalue weighted by molar-refractivity contribution is -0.478. The molecule has 3 N–H and O–H groups in total. The molecule has 0 aliphatic rings. The van der Waals surface area contributed by atoms with E-state index >= 15 is 0 Å². The number of quaternary nitrogens is 1. The second-order valence-electron chi connectivity index (χ2n) is 5.62. The number of fused-ring (bicyclic) bond motifs is 1. The summed E-state index contributed by atoms with van der Waals surface area (Å²) in [6, 6.07) is 12.7. The number of pyridine rings is 1. The van der Waals surface area contributed by atoms with Crippen molar-refractivity contribution in [1.29, 1.82) is 0 Å². The molecule has 0 fully saturated rings. The van der Waals surface area contributed by atoms with Crippen molar-refractivity contribution in [1.82, 2.24) is 14.4 Å². The number of nitrogens with zero attached hydrogens (tertiary/aromatic N) is 3. The number of rotatable bonds is 4. The van der Waals surface area contributed by atoms with E-state index in [1.165, 1.54) is 0 Å². The van der Waals surface area contributed by atoms with Crippen molar-refractivity contribution in [2.45, 2.75) is 6.92 Å². The third kappa shape index (κ3) is 2.90. The second kappa shape index (κ2) is 6.12. The van der Waals surface area contributed by atoms with E-state index in [1.807, 2.05) is 46.4 Å². The number of carbonyl (C=O) groups is 1. The van der Waals surface area contributed by atoms with Gasteiger partial charge in [-0.25, -0.2) is 9.78 Å². The Morgan fingerprint density at radius 1 is 1.16 bits per heavy atom. The lowest BCUT2D eigenvalue weighted by atomic mass is 10.2. The lowest BCUT2D eigenvalue weighted by Gasteiger charge is -1.99. The van der Waals surface area contributed by atoms with Crippen molar-refractivity contribution in [3.8, 4) is 11.4 Å². The smallest absolute Gasteiger partial charge is 0.335 e. The van der Waals surface area contributed by atoms with Gasteiger partial charge in [-0.1, -0.05) is 17.4 Å². The highest BCUT2D eigenvalue weighted by Crippen LogP contribution is 2.27. The van der Waals surface area contributed by atoms with Gasteiger partial charge in [0.1, 0.15) is 17.0 Å². The van der Waals surface area contributed by atoms with Crippen LogP contribution in [0, 0.1) is 6.92 Å². The summed E-state index contributed by atoms with van der Waals surface area (Å²) in [7, 11) is 0. The van der Waals surface area contributed by atoms with Crippen LogP contribution in [0.15, 0.2) is 54.0 Å². The molecule has 0 unspecified atom stereocenters. The Morgan fingerprint density at radius 3 is 2.72 bits per heavy atom. The van der Waals surface area contributed by atoms with Crippen LogP contribution in [0.3, 0.4) is 0 Å². The molecule has 0 atom stereocenters. The van der Waals surface area contributed by atoms with Crippen molar-refractivity contribution in [2.75, 3.05) is 0 Å². The number of aryl methyl sites for hydroxylation is 1. The third-order valence-electron chi connectivity index (χ3n) is 3.92. The highest BCUT2D eigenvalue weighted by molar-refractivity contribution is 7.13. The molecule has 0 bridgehead atoms. The van der Waals surface area contributed by atoms with E-state index in [0.29, 0.717) is 0 Å². The fourth-order valence-corrected chi connectivity index (χ4v) is 3.50. The fraction of sp³-hybridized carbons (Fsp3) is 0.0556. The van der Waals surface area contributed by atoms with Gasteiger partial charge in [-0.2, -0.15) is 4.98 Å². The maximum absolute atomic E-state index is 10.9. The van der Waals surface area contributed by atoms with Gasteiger partial charge in [-0.3, -0.25) is 9.72 Å². The minimum atomic E-state index is -0.925. The molecule has 4 rings (SSSR count). The number of aromatic nitrogens is 3. The number of thiazole rings is 1. The van der Waals surface area contributed by atoms with Crippen LogP contribution in [0.4, 0.5) is 10.8 Å². The van der Waals surface area contributed by atoms with E-state index in [4.69, 9.17) is 10.1 Å². The summed E-state index contributed by atoms with van der Waals surface area (Å²) in [5.41, 5.74) is 4.91. The van der Waals surface area contributed by atoms with Gasteiger partial charge in [0.2, 0.25) is 0 Å². The molecule has 0 radical (unpaired) electrons. The van der Waals surface area contributed by atoms with Crippen molar-refractivity contribution in [3.05, 3.63) is 65.3 Å². The second-order valence-corrected chi connectivity index (χ2v) is 6.51. The summed E-state index contributed by atoms with van der Waals surface area (Å²) >= 11 is 1.55. The zero-order valence-electron chi connectivity index (χ0n) is 13.4. The summed E-state index contributed by atoms with van der Waals surface area (Å²) < 4.78 is 2.04. The largest absolute Gasteiger partial charge is 0.478 e. The van der Waals surface area contributed by atoms with E-state index in [1.54, 1.807) is 35.6 Å². The molecule has 1 aromatic carbocycles. The number of aromatic carboxylic acids is 1. The number of carboxylic acid groups (broad SMARTS) is 1. The van der Waals surface area contributed by atoms with Crippen LogP contribution < -0.4 is 5.32 Å².